The van der Waals surface area contributed by atoms with Crippen LogP contribution >= 0.6 is 0 Å². The zero-order valence-electron chi connectivity index (χ0n) is 9.27. The molecule has 0 aromatic carbocycles. The van der Waals surface area contributed by atoms with Gasteiger partial charge in [-0.05, 0) is 27.1 Å². The van der Waals surface area contributed by atoms with Crippen molar-refractivity contribution in [1.82, 2.24) is 10.2 Å². The molecule has 4 nitrogen and oxygen atoms in total. The predicted molar refractivity (Wildman–Crippen MR) is 48.3 cm³/mol. The first kappa shape index (κ1) is 16.0. The quantitative estimate of drug-likeness (QED) is 0.578. The van der Waals surface area contributed by atoms with E-state index in [4.69, 9.17) is 0 Å². The summed E-state index contributed by atoms with van der Waals surface area (Å²) >= 11 is 0. The van der Waals surface area contributed by atoms with Crippen LogP contribution in [0.15, 0.2) is 0 Å². The lowest BCUT2D eigenvalue weighted by Crippen LogP contribution is -2.45. The molecule has 0 aromatic heterocycles. The SMILES string of the molecule is CN(C)CCCNC(=O)C(F)(F)OC(F)(F)F. The summed E-state index contributed by atoms with van der Waals surface area (Å²) in [4.78, 5) is 12.4. The van der Waals surface area contributed by atoms with Crippen LogP contribution in [-0.2, 0) is 9.53 Å². The van der Waals surface area contributed by atoms with E-state index in [1.54, 1.807) is 24.3 Å². The molecule has 1 N–H and O–H groups in total. The maximum absolute atomic E-state index is 12.5. The number of halogens is 5. The van der Waals surface area contributed by atoms with Crippen molar-refractivity contribution in [2.45, 2.75) is 18.9 Å². The van der Waals surface area contributed by atoms with Crippen molar-refractivity contribution in [1.29, 1.82) is 0 Å². The van der Waals surface area contributed by atoms with E-state index in [1.807, 2.05) is 0 Å². The minimum atomic E-state index is -5.57. The van der Waals surface area contributed by atoms with Gasteiger partial charge in [0.25, 0.3) is 0 Å². The smallest absolute Gasteiger partial charge is 0.348 e. The van der Waals surface area contributed by atoms with Gasteiger partial charge in [-0.25, -0.2) is 4.74 Å². The van der Waals surface area contributed by atoms with E-state index in [0.29, 0.717) is 13.0 Å². The highest BCUT2D eigenvalue weighted by molar-refractivity contribution is 5.81. The lowest BCUT2D eigenvalue weighted by atomic mass is 10.4. The van der Waals surface area contributed by atoms with Gasteiger partial charge in [0.15, 0.2) is 0 Å². The normalized spacial score (nSPS) is 12.9. The zero-order valence-corrected chi connectivity index (χ0v) is 9.27. The molecule has 0 spiro atoms. The average Bonchev–Trinajstić information content (AvgIpc) is 2.07. The Kier molecular flexibility index (Phi) is 5.76. The maximum Gasteiger partial charge on any atom is 0.527 e. The van der Waals surface area contributed by atoms with E-state index < -0.39 is 18.4 Å². The summed E-state index contributed by atoms with van der Waals surface area (Å²) in [6.45, 7) is 0.347. The molecule has 17 heavy (non-hydrogen) atoms. The predicted octanol–water partition coefficient (Wildman–Crippen LogP) is 1.18. The number of carbonyl (C=O) groups is 1. The average molecular weight is 264 g/mol. The minimum Gasteiger partial charge on any atom is -0.348 e. The molecule has 0 bridgehead atoms. The van der Waals surface area contributed by atoms with Crippen LogP contribution in [0.4, 0.5) is 22.0 Å². The third-order valence-corrected chi connectivity index (χ3v) is 1.58. The Morgan fingerprint density at radius 3 is 2.18 bits per heavy atom. The van der Waals surface area contributed by atoms with Gasteiger partial charge in [0.2, 0.25) is 0 Å². The van der Waals surface area contributed by atoms with Crippen LogP contribution in [0.3, 0.4) is 0 Å². The van der Waals surface area contributed by atoms with E-state index >= 15 is 0 Å². The fourth-order valence-electron chi connectivity index (χ4n) is 0.892. The van der Waals surface area contributed by atoms with E-state index in [0.717, 1.165) is 0 Å². The van der Waals surface area contributed by atoms with Gasteiger partial charge < -0.3 is 10.2 Å². The van der Waals surface area contributed by atoms with Crippen molar-refractivity contribution in [2.75, 3.05) is 27.2 Å². The molecule has 9 heteroatoms. The van der Waals surface area contributed by atoms with E-state index in [1.165, 1.54) is 0 Å². The second-order valence-corrected chi connectivity index (χ2v) is 3.48. The van der Waals surface area contributed by atoms with Crippen LogP contribution < -0.4 is 5.32 Å². The molecule has 0 saturated heterocycles. The van der Waals surface area contributed by atoms with E-state index in [-0.39, 0.29) is 6.54 Å². The molecule has 0 heterocycles. The highest BCUT2D eigenvalue weighted by atomic mass is 19.4. The van der Waals surface area contributed by atoms with Crippen LogP contribution in [0.5, 0.6) is 0 Å². The molecule has 1 amide bonds. The van der Waals surface area contributed by atoms with Crippen LogP contribution in [0.1, 0.15) is 6.42 Å². The van der Waals surface area contributed by atoms with Gasteiger partial charge in [-0.2, -0.15) is 8.78 Å². The van der Waals surface area contributed by atoms with Gasteiger partial charge in [0.1, 0.15) is 0 Å². The van der Waals surface area contributed by atoms with Crippen molar-refractivity contribution < 1.29 is 31.5 Å². The van der Waals surface area contributed by atoms with Crippen LogP contribution in [-0.4, -0.2) is 50.5 Å². The molecule has 0 aliphatic carbocycles. The van der Waals surface area contributed by atoms with Crippen molar-refractivity contribution in [2.24, 2.45) is 0 Å². The minimum absolute atomic E-state index is 0.159. The number of hydrogen-bond acceptors (Lipinski definition) is 3. The summed E-state index contributed by atoms with van der Waals surface area (Å²) in [6, 6.07) is 0. The fourth-order valence-corrected chi connectivity index (χ4v) is 0.892. The lowest BCUT2D eigenvalue weighted by Gasteiger charge is -2.17. The van der Waals surface area contributed by atoms with Gasteiger partial charge in [0.05, 0.1) is 0 Å². The summed E-state index contributed by atoms with van der Waals surface area (Å²) in [6.07, 6.45) is -10.1. The molecule has 0 saturated carbocycles. The number of alkyl halides is 5. The Hall–Kier alpha value is -0.960. The molecule has 0 aliphatic heterocycles. The molecular formula is C8H13F5N2O2. The molecule has 0 aliphatic rings. The van der Waals surface area contributed by atoms with Gasteiger partial charge >= 0.3 is 18.4 Å². The lowest BCUT2D eigenvalue weighted by molar-refractivity contribution is -0.410. The van der Waals surface area contributed by atoms with Gasteiger partial charge in [-0.3, -0.25) is 4.79 Å². The fraction of sp³-hybridized carbons (Fsp3) is 0.875. The van der Waals surface area contributed by atoms with Crippen LogP contribution in [0.2, 0.25) is 0 Å². The number of rotatable bonds is 6. The Labute approximate surface area is 94.7 Å². The molecule has 0 fully saturated rings. The molecule has 0 atom stereocenters. The van der Waals surface area contributed by atoms with Crippen molar-refractivity contribution in [3.63, 3.8) is 0 Å². The molecule has 0 unspecified atom stereocenters. The van der Waals surface area contributed by atoms with Gasteiger partial charge in [0, 0.05) is 6.54 Å². The molecule has 0 aromatic rings. The summed E-state index contributed by atoms with van der Waals surface area (Å²) in [5.41, 5.74) is 0. The van der Waals surface area contributed by atoms with Gasteiger partial charge in [-0.1, -0.05) is 0 Å². The Morgan fingerprint density at radius 1 is 1.24 bits per heavy atom. The summed E-state index contributed by atoms with van der Waals surface area (Å²) in [5.74, 6) is -2.10. The van der Waals surface area contributed by atoms with Crippen molar-refractivity contribution in [3.8, 4) is 0 Å². The Morgan fingerprint density at radius 2 is 1.76 bits per heavy atom. The molecular weight excluding hydrogens is 251 g/mol. The van der Waals surface area contributed by atoms with Crippen LogP contribution in [0, 0.1) is 0 Å². The molecule has 0 rings (SSSR count). The topological polar surface area (TPSA) is 41.6 Å². The molecule has 0 radical (unpaired) electrons. The largest absolute Gasteiger partial charge is 0.527 e. The molecule has 102 valence electrons. The monoisotopic (exact) mass is 264 g/mol. The highest BCUT2D eigenvalue weighted by Gasteiger charge is 2.50. The maximum atomic E-state index is 12.5. The number of hydrogen-bond donors (Lipinski definition) is 1. The van der Waals surface area contributed by atoms with E-state index in [2.05, 4.69) is 4.74 Å². The first-order valence-electron chi connectivity index (χ1n) is 4.62. The van der Waals surface area contributed by atoms with Crippen LogP contribution in [0.25, 0.3) is 0 Å². The van der Waals surface area contributed by atoms with Crippen molar-refractivity contribution >= 4 is 5.91 Å². The summed E-state index contributed by atoms with van der Waals surface area (Å²) in [7, 11) is 3.45. The highest BCUT2D eigenvalue weighted by Crippen LogP contribution is 2.27. The number of amides is 1. The first-order chi connectivity index (χ1) is 7.54. The number of nitrogens with one attached hydrogen (secondary N) is 1. The standard InChI is InChI=1S/C8H13F5N2O2/c1-15(2)5-3-4-14-6(16)7(9,10)17-8(11,12)13/h3-5H2,1-2H3,(H,14,16). The Bertz CT molecular complexity index is 255. The Balaban J connectivity index is 4.04. The number of nitrogens with zero attached hydrogens (tertiary/aromatic N) is 1. The second-order valence-electron chi connectivity index (χ2n) is 3.48. The van der Waals surface area contributed by atoms with Gasteiger partial charge in [-0.15, -0.1) is 13.2 Å². The summed E-state index contributed by atoms with van der Waals surface area (Å²) in [5, 5.41) is 1.66. The zero-order chi connectivity index (χ0) is 13.7. The van der Waals surface area contributed by atoms with Crippen molar-refractivity contribution in [3.05, 3.63) is 0 Å². The number of carbonyl (C=O) groups excluding carboxylic acids is 1. The van der Waals surface area contributed by atoms with E-state index in [9.17, 15) is 26.7 Å². The second kappa shape index (κ2) is 6.10. The first-order valence-corrected chi connectivity index (χ1v) is 4.62. The summed E-state index contributed by atoms with van der Waals surface area (Å²) < 4.78 is 62.0. The third kappa shape index (κ3) is 7.86. The third-order valence-electron chi connectivity index (χ3n) is 1.58. The number of ether oxygens (including phenoxy) is 1.